The quantitative estimate of drug-likeness (QED) is 0.303. The summed E-state index contributed by atoms with van der Waals surface area (Å²) in [6.45, 7) is 7.78. The van der Waals surface area contributed by atoms with Gasteiger partial charge in [0.25, 0.3) is 0 Å². The van der Waals surface area contributed by atoms with Crippen LogP contribution in [0.1, 0.15) is 56.3 Å². The summed E-state index contributed by atoms with van der Waals surface area (Å²) < 4.78 is 6.16. The first-order valence-corrected chi connectivity index (χ1v) is 15.4. The second-order valence-corrected chi connectivity index (χ2v) is 13.0. The number of hydrogen-bond donors (Lipinski definition) is 3. The maximum absolute atomic E-state index is 12.8. The number of benzene rings is 1. The number of rotatable bonds is 7. The molecule has 1 aromatic heterocycles. The van der Waals surface area contributed by atoms with Crippen LogP contribution in [0.15, 0.2) is 42.2 Å². The molecule has 0 radical (unpaired) electrons. The van der Waals surface area contributed by atoms with Crippen molar-refractivity contribution >= 4 is 40.5 Å². The fraction of sp³-hybridized carbons (Fsp3) is 0.516. The van der Waals surface area contributed by atoms with E-state index in [1.165, 1.54) is 0 Å². The number of amides is 1. The van der Waals surface area contributed by atoms with E-state index in [2.05, 4.69) is 26.2 Å². The molecule has 4 aliphatic rings. The number of aromatic nitrogens is 1. The number of pyridine rings is 1. The lowest BCUT2D eigenvalue weighted by molar-refractivity contribution is -0.168. The Bertz CT molecular complexity index is 1340. The highest BCUT2D eigenvalue weighted by molar-refractivity contribution is 6.35. The molecular formula is C31H38Cl2N6O2. The Hall–Kier alpha value is -2.65. The van der Waals surface area contributed by atoms with E-state index in [1.807, 2.05) is 13.0 Å². The van der Waals surface area contributed by atoms with Gasteiger partial charge >= 0.3 is 0 Å². The van der Waals surface area contributed by atoms with E-state index < -0.39 is 6.10 Å². The van der Waals surface area contributed by atoms with Gasteiger partial charge in [0.15, 0.2) is 0 Å². The number of hydrogen-bond acceptors (Lipinski definition) is 7. The van der Waals surface area contributed by atoms with Crippen LogP contribution < -0.4 is 15.8 Å². The number of anilines is 1. The molecule has 10 heteroatoms. The Labute approximate surface area is 251 Å². The minimum atomic E-state index is -0.399. The zero-order valence-corrected chi connectivity index (χ0v) is 25.0. The summed E-state index contributed by atoms with van der Waals surface area (Å²) in [5.74, 6) is 1.18. The lowest BCUT2D eigenvalue weighted by Crippen LogP contribution is -2.74. The summed E-state index contributed by atoms with van der Waals surface area (Å²) in [6.07, 6.45) is 9.64. The summed E-state index contributed by atoms with van der Waals surface area (Å²) >= 11 is 12.6. The number of piperidine rings is 1. The minimum Gasteiger partial charge on any atom is -0.486 e. The average Bonchev–Trinajstić information content (AvgIpc) is 2.93. The molecular weight excluding hydrogens is 559 g/mol. The number of likely N-dealkylation sites (tertiary alicyclic amines) is 2. The number of nitrogens with one attached hydrogen (secondary N) is 2. The molecule has 41 heavy (non-hydrogen) atoms. The first-order chi connectivity index (χ1) is 19.7. The number of allylic oxidation sites excluding steroid dienone is 1. The molecule has 3 aliphatic heterocycles. The van der Waals surface area contributed by atoms with Gasteiger partial charge < -0.3 is 20.7 Å². The molecule has 4 N–H and O–H groups in total. The zero-order valence-electron chi connectivity index (χ0n) is 23.5. The van der Waals surface area contributed by atoms with Crippen LogP contribution in [-0.4, -0.2) is 71.7 Å². The molecule has 1 spiro atoms. The third-order valence-corrected chi connectivity index (χ3v) is 9.86. The predicted molar refractivity (Wildman–Crippen MR) is 163 cm³/mol. The summed E-state index contributed by atoms with van der Waals surface area (Å²) in [5.41, 5.74) is 9.98. The Balaban J connectivity index is 1.03. The van der Waals surface area contributed by atoms with E-state index in [0.717, 1.165) is 76.9 Å². The first kappa shape index (κ1) is 28.5. The Morgan fingerprint density at radius 3 is 2.51 bits per heavy atom. The highest BCUT2D eigenvalue weighted by Gasteiger charge is 2.54. The van der Waals surface area contributed by atoms with E-state index in [1.54, 1.807) is 24.5 Å². The number of halogens is 2. The van der Waals surface area contributed by atoms with Gasteiger partial charge in [0.1, 0.15) is 11.9 Å². The van der Waals surface area contributed by atoms with Crippen molar-refractivity contribution in [2.45, 2.75) is 51.2 Å². The number of carbonyl (C=O) groups excluding carboxylic acids is 1. The van der Waals surface area contributed by atoms with E-state index in [4.69, 9.17) is 39.1 Å². The van der Waals surface area contributed by atoms with Gasteiger partial charge in [0.2, 0.25) is 5.91 Å². The molecule has 3 saturated heterocycles. The minimum absolute atomic E-state index is 0.213. The van der Waals surface area contributed by atoms with Crippen LogP contribution in [0.2, 0.25) is 10.0 Å². The number of nitrogens with two attached hydrogens (primary N) is 1. The fourth-order valence-electron chi connectivity index (χ4n) is 6.97. The molecule has 4 heterocycles. The molecule has 1 amide bonds. The van der Waals surface area contributed by atoms with Gasteiger partial charge in [-0.05, 0) is 75.9 Å². The SMILES string of the molecule is C[C@@H](Oc1ccc(N)c(C(=N)C2=CCC(N3CC4(CN(C(=O)C5CCNCC5)C4)C3)CC2)c1)c1c(Cl)cncc1Cl. The van der Waals surface area contributed by atoms with Crippen molar-refractivity contribution in [2.75, 3.05) is 45.0 Å². The van der Waals surface area contributed by atoms with Crippen molar-refractivity contribution in [3.8, 4) is 5.75 Å². The first-order valence-electron chi connectivity index (χ1n) is 14.6. The second-order valence-electron chi connectivity index (χ2n) is 12.2. The maximum atomic E-state index is 12.8. The van der Waals surface area contributed by atoms with Crippen molar-refractivity contribution in [1.29, 1.82) is 5.41 Å². The lowest BCUT2D eigenvalue weighted by atomic mass is 9.70. The second kappa shape index (κ2) is 11.6. The van der Waals surface area contributed by atoms with E-state index >= 15 is 0 Å². The molecule has 6 rings (SSSR count). The van der Waals surface area contributed by atoms with Gasteiger partial charge in [0, 0.05) is 72.8 Å². The van der Waals surface area contributed by atoms with Gasteiger partial charge in [-0.25, -0.2) is 0 Å². The average molecular weight is 598 g/mol. The summed E-state index contributed by atoms with van der Waals surface area (Å²) in [7, 11) is 0. The maximum Gasteiger partial charge on any atom is 0.225 e. The molecule has 2 aromatic rings. The highest BCUT2D eigenvalue weighted by atomic mass is 35.5. The van der Waals surface area contributed by atoms with Crippen molar-refractivity contribution in [3.63, 3.8) is 0 Å². The third-order valence-electron chi connectivity index (χ3n) is 9.25. The van der Waals surface area contributed by atoms with Crippen LogP contribution in [0.3, 0.4) is 0 Å². The molecule has 1 unspecified atom stereocenters. The van der Waals surface area contributed by atoms with Crippen molar-refractivity contribution in [1.82, 2.24) is 20.1 Å². The summed E-state index contributed by atoms with van der Waals surface area (Å²) in [4.78, 5) is 21.5. The molecule has 2 atom stereocenters. The molecule has 3 fully saturated rings. The number of nitrogen functional groups attached to an aromatic ring is 1. The standard InChI is InChI=1S/C31H38Cl2N6O2/c1-19(28-25(32)13-37-14-26(28)33)41-23-6-7-27(34)24(12-23)29(35)20-2-4-22(5-3-20)38-15-31(16-38)17-39(18-31)30(40)21-8-10-36-11-9-21/h2,6-7,12-14,19,21-22,35-36H,3-5,8-11,15-18,34H2,1H3/t19-,22?/m1/s1. The van der Waals surface area contributed by atoms with Crippen molar-refractivity contribution in [3.05, 3.63) is 63.4 Å². The van der Waals surface area contributed by atoms with Crippen LogP contribution in [0.5, 0.6) is 5.75 Å². The molecule has 1 aliphatic carbocycles. The summed E-state index contributed by atoms with van der Waals surface area (Å²) in [5, 5.41) is 13.2. The van der Waals surface area contributed by atoms with Gasteiger partial charge in [-0.1, -0.05) is 29.3 Å². The number of carbonyl (C=O) groups is 1. The Kier molecular flexibility index (Phi) is 8.02. The Morgan fingerprint density at radius 1 is 1.15 bits per heavy atom. The zero-order chi connectivity index (χ0) is 28.7. The van der Waals surface area contributed by atoms with E-state index in [-0.39, 0.29) is 5.92 Å². The fourth-order valence-corrected chi connectivity index (χ4v) is 7.64. The van der Waals surface area contributed by atoms with Crippen molar-refractivity contribution < 1.29 is 9.53 Å². The molecule has 0 saturated carbocycles. The number of nitrogens with zero attached hydrogens (tertiary/aromatic N) is 3. The van der Waals surface area contributed by atoms with Crippen LogP contribution in [0.25, 0.3) is 0 Å². The molecule has 1 aromatic carbocycles. The van der Waals surface area contributed by atoms with Crippen LogP contribution >= 0.6 is 23.2 Å². The van der Waals surface area contributed by atoms with Crippen molar-refractivity contribution in [2.24, 2.45) is 11.3 Å². The smallest absolute Gasteiger partial charge is 0.225 e. The summed E-state index contributed by atoms with van der Waals surface area (Å²) in [6, 6.07) is 5.91. The topological polar surface area (TPSA) is 108 Å². The van der Waals surface area contributed by atoms with Gasteiger partial charge in [-0.15, -0.1) is 0 Å². The van der Waals surface area contributed by atoms with Gasteiger partial charge in [-0.3, -0.25) is 20.1 Å². The van der Waals surface area contributed by atoms with Gasteiger partial charge in [0.05, 0.1) is 15.8 Å². The predicted octanol–water partition coefficient (Wildman–Crippen LogP) is 5.10. The van der Waals surface area contributed by atoms with Gasteiger partial charge in [-0.2, -0.15) is 0 Å². The third kappa shape index (κ3) is 5.72. The molecule has 0 bridgehead atoms. The van der Waals surface area contributed by atoms with E-state index in [9.17, 15) is 4.79 Å². The van der Waals surface area contributed by atoms with E-state index in [0.29, 0.717) is 55.7 Å². The monoisotopic (exact) mass is 596 g/mol. The van der Waals surface area contributed by atoms with Crippen LogP contribution in [0.4, 0.5) is 5.69 Å². The number of ether oxygens (including phenoxy) is 1. The van der Waals surface area contributed by atoms with Crippen LogP contribution in [-0.2, 0) is 4.79 Å². The molecule has 8 nitrogen and oxygen atoms in total. The Morgan fingerprint density at radius 2 is 1.85 bits per heavy atom. The van der Waals surface area contributed by atoms with Crippen LogP contribution in [0, 0.1) is 16.7 Å². The molecule has 218 valence electrons. The largest absolute Gasteiger partial charge is 0.486 e. The highest BCUT2D eigenvalue weighted by Crippen LogP contribution is 2.43. The normalized spacial score (nSPS) is 23.3. The lowest BCUT2D eigenvalue weighted by Gasteiger charge is -2.62.